The van der Waals surface area contributed by atoms with Crippen molar-refractivity contribution < 1.29 is 0 Å². The fraction of sp³-hybridized carbons (Fsp3) is 0.417. The summed E-state index contributed by atoms with van der Waals surface area (Å²) >= 11 is 0. The summed E-state index contributed by atoms with van der Waals surface area (Å²) in [6.45, 7) is 2.63. The molecule has 0 saturated carbocycles. The summed E-state index contributed by atoms with van der Waals surface area (Å²) in [6, 6.07) is 10.4. The number of hydrogen-bond donors (Lipinski definition) is 3. The Kier molecular flexibility index (Phi) is 6.06. The molecule has 0 heterocycles. The molecule has 17 heavy (non-hydrogen) atoms. The van der Waals surface area contributed by atoms with Gasteiger partial charge in [-0.15, -0.1) is 0 Å². The summed E-state index contributed by atoms with van der Waals surface area (Å²) in [7, 11) is 2.10. The van der Waals surface area contributed by atoms with E-state index in [-0.39, 0.29) is 5.96 Å². The van der Waals surface area contributed by atoms with E-state index in [0.29, 0.717) is 6.54 Å². The number of nitrogens with two attached hydrogens (primary N) is 2. The fourth-order valence-electron chi connectivity index (χ4n) is 1.56. The van der Waals surface area contributed by atoms with Crippen LogP contribution in [0.25, 0.3) is 0 Å². The Balaban J connectivity index is 2.20. The van der Waals surface area contributed by atoms with Crippen LogP contribution in [-0.2, 0) is 6.54 Å². The zero-order valence-electron chi connectivity index (χ0n) is 10.3. The molecule has 0 radical (unpaired) electrons. The third-order valence-electron chi connectivity index (χ3n) is 2.42. The van der Waals surface area contributed by atoms with Gasteiger partial charge in [0.05, 0.1) is 0 Å². The van der Waals surface area contributed by atoms with Gasteiger partial charge in [0.25, 0.3) is 0 Å². The smallest absolute Gasteiger partial charge is 0.203 e. The van der Waals surface area contributed by atoms with Crippen molar-refractivity contribution in [3.05, 3.63) is 35.9 Å². The van der Waals surface area contributed by atoms with Gasteiger partial charge in [-0.25, -0.2) is 5.84 Å². The van der Waals surface area contributed by atoms with Crippen LogP contribution in [-0.4, -0.2) is 31.0 Å². The third-order valence-corrected chi connectivity index (χ3v) is 2.42. The predicted octanol–water partition coefficient (Wildman–Crippen LogP) is 0.287. The molecule has 0 unspecified atom stereocenters. The van der Waals surface area contributed by atoms with Gasteiger partial charge in [-0.2, -0.15) is 0 Å². The highest BCUT2D eigenvalue weighted by atomic mass is 15.3. The van der Waals surface area contributed by atoms with Crippen LogP contribution in [0.4, 0.5) is 0 Å². The number of rotatable bonds is 6. The Bertz CT molecular complexity index is 336. The zero-order chi connectivity index (χ0) is 12.5. The molecule has 0 aliphatic carbocycles. The van der Waals surface area contributed by atoms with Crippen LogP contribution in [0.3, 0.4) is 0 Å². The average molecular weight is 235 g/mol. The summed E-state index contributed by atoms with van der Waals surface area (Å²) in [4.78, 5) is 6.31. The van der Waals surface area contributed by atoms with Crippen LogP contribution in [0.5, 0.6) is 0 Å². The van der Waals surface area contributed by atoms with Crippen LogP contribution >= 0.6 is 0 Å². The molecular weight excluding hydrogens is 214 g/mol. The Labute approximate surface area is 102 Å². The first-order valence-electron chi connectivity index (χ1n) is 5.71. The van der Waals surface area contributed by atoms with Crippen LogP contribution in [0.15, 0.2) is 35.3 Å². The molecule has 94 valence electrons. The van der Waals surface area contributed by atoms with Gasteiger partial charge in [0, 0.05) is 13.1 Å². The van der Waals surface area contributed by atoms with Crippen LogP contribution in [0, 0.1) is 0 Å². The molecule has 1 rings (SSSR count). The Morgan fingerprint density at radius 2 is 2.06 bits per heavy atom. The molecule has 1 aromatic rings. The van der Waals surface area contributed by atoms with Crippen molar-refractivity contribution in [1.29, 1.82) is 0 Å². The lowest BCUT2D eigenvalue weighted by Gasteiger charge is -2.15. The van der Waals surface area contributed by atoms with Crippen LogP contribution < -0.4 is 17.0 Å². The second-order valence-electron chi connectivity index (χ2n) is 3.99. The van der Waals surface area contributed by atoms with Gasteiger partial charge in [-0.1, -0.05) is 30.3 Å². The SMILES string of the molecule is CN(CCCN=C(N)NN)Cc1ccccc1. The van der Waals surface area contributed by atoms with E-state index in [2.05, 4.69) is 46.6 Å². The van der Waals surface area contributed by atoms with Gasteiger partial charge < -0.3 is 10.6 Å². The quantitative estimate of drug-likeness (QED) is 0.218. The Hall–Kier alpha value is -1.59. The summed E-state index contributed by atoms with van der Waals surface area (Å²) in [6.07, 6.45) is 0.964. The molecule has 0 bridgehead atoms. The molecule has 0 spiro atoms. The monoisotopic (exact) mass is 235 g/mol. The second kappa shape index (κ2) is 7.65. The second-order valence-corrected chi connectivity index (χ2v) is 3.99. The van der Waals surface area contributed by atoms with Crippen LogP contribution in [0.2, 0.25) is 0 Å². The maximum absolute atomic E-state index is 5.41. The molecule has 0 amide bonds. The molecule has 0 fully saturated rings. The lowest BCUT2D eigenvalue weighted by atomic mass is 10.2. The topological polar surface area (TPSA) is 79.7 Å². The van der Waals surface area contributed by atoms with Crippen molar-refractivity contribution in [2.75, 3.05) is 20.1 Å². The average Bonchev–Trinajstić information content (AvgIpc) is 2.35. The number of nitrogens with zero attached hydrogens (tertiary/aromatic N) is 2. The van der Waals surface area contributed by atoms with Crippen molar-refractivity contribution >= 4 is 5.96 Å². The normalized spacial score (nSPS) is 11.8. The van der Waals surface area contributed by atoms with Gasteiger partial charge in [-0.05, 0) is 25.6 Å². The highest BCUT2D eigenvalue weighted by Gasteiger charge is 1.99. The van der Waals surface area contributed by atoms with E-state index in [1.807, 2.05) is 6.07 Å². The molecule has 5 N–H and O–H groups in total. The largest absolute Gasteiger partial charge is 0.369 e. The van der Waals surface area contributed by atoms with Crippen molar-refractivity contribution in [2.24, 2.45) is 16.6 Å². The standard InChI is InChI=1S/C12H21N5/c1-17(9-5-8-15-12(13)16-14)10-11-6-3-2-4-7-11/h2-4,6-7H,5,8-10,14H2,1H3,(H3,13,15,16). The number of benzene rings is 1. The third kappa shape index (κ3) is 5.89. The number of aliphatic imine (C=N–C) groups is 1. The molecule has 5 heteroatoms. The Morgan fingerprint density at radius 1 is 1.35 bits per heavy atom. The maximum atomic E-state index is 5.41. The summed E-state index contributed by atoms with van der Waals surface area (Å²) in [5.41, 5.74) is 9.04. The van der Waals surface area contributed by atoms with Crippen molar-refractivity contribution in [3.8, 4) is 0 Å². The van der Waals surface area contributed by atoms with E-state index in [4.69, 9.17) is 11.6 Å². The van der Waals surface area contributed by atoms with Gasteiger partial charge in [-0.3, -0.25) is 10.4 Å². The molecule has 0 aromatic heterocycles. The molecule has 0 atom stereocenters. The zero-order valence-corrected chi connectivity index (χ0v) is 10.3. The van der Waals surface area contributed by atoms with E-state index < -0.39 is 0 Å². The molecular formula is C12H21N5. The fourth-order valence-corrected chi connectivity index (χ4v) is 1.56. The highest BCUT2D eigenvalue weighted by Crippen LogP contribution is 2.02. The minimum absolute atomic E-state index is 0.288. The number of nitrogens with one attached hydrogen (secondary N) is 1. The van der Waals surface area contributed by atoms with Gasteiger partial charge in [0.2, 0.25) is 5.96 Å². The summed E-state index contributed by atoms with van der Waals surface area (Å²) < 4.78 is 0. The first-order chi connectivity index (χ1) is 8.22. The number of guanidine groups is 1. The molecule has 0 aliphatic heterocycles. The van der Waals surface area contributed by atoms with Gasteiger partial charge >= 0.3 is 0 Å². The number of hydrogen-bond acceptors (Lipinski definition) is 3. The van der Waals surface area contributed by atoms with E-state index >= 15 is 0 Å². The van der Waals surface area contributed by atoms with E-state index in [1.165, 1.54) is 5.56 Å². The first-order valence-corrected chi connectivity index (χ1v) is 5.71. The van der Waals surface area contributed by atoms with Crippen molar-refractivity contribution in [1.82, 2.24) is 10.3 Å². The maximum Gasteiger partial charge on any atom is 0.203 e. The van der Waals surface area contributed by atoms with Crippen molar-refractivity contribution in [3.63, 3.8) is 0 Å². The summed E-state index contributed by atoms with van der Waals surface area (Å²) in [5, 5.41) is 0. The lowest BCUT2D eigenvalue weighted by Crippen LogP contribution is -2.37. The molecule has 5 nitrogen and oxygen atoms in total. The number of hydrazine groups is 1. The van der Waals surface area contributed by atoms with E-state index in [0.717, 1.165) is 19.5 Å². The van der Waals surface area contributed by atoms with E-state index in [9.17, 15) is 0 Å². The van der Waals surface area contributed by atoms with Crippen molar-refractivity contribution in [2.45, 2.75) is 13.0 Å². The highest BCUT2D eigenvalue weighted by molar-refractivity contribution is 5.76. The molecule has 1 aromatic carbocycles. The lowest BCUT2D eigenvalue weighted by molar-refractivity contribution is 0.324. The minimum atomic E-state index is 0.288. The Morgan fingerprint density at radius 3 is 2.71 bits per heavy atom. The van der Waals surface area contributed by atoms with Crippen LogP contribution in [0.1, 0.15) is 12.0 Å². The molecule has 0 aliphatic rings. The van der Waals surface area contributed by atoms with Gasteiger partial charge in [0.1, 0.15) is 0 Å². The summed E-state index contributed by atoms with van der Waals surface area (Å²) in [5.74, 6) is 5.39. The first kappa shape index (κ1) is 13.5. The van der Waals surface area contributed by atoms with E-state index in [1.54, 1.807) is 0 Å². The minimum Gasteiger partial charge on any atom is -0.369 e. The predicted molar refractivity (Wildman–Crippen MR) is 71.2 cm³/mol. The van der Waals surface area contributed by atoms with Gasteiger partial charge in [0.15, 0.2) is 0 Å². The molecule has 0 saturated heterocycles.